The maximum absolute atomic E-state index is 13.3. The summed E-state index contributed by atoms with van der Waals surface area (Å²) in [5.74, 6) is -0.121. The van der Waals surface area contributed by atoms with Gasteiger partial charge in [-0.25, -0.2) is 4.98 Å². The second-order valence-electron chi connectivity index (χ2n) is 8.03. The minimum Gasteiger partial charge on any atom is -0.378 e. The zero-order valence-electron chi connectivity index (χ0n) is 17.9. The molecule has 0 saturated carbocycles. The van der Waals surface area contributed by atoms with Crippen molar-refractivity contribution < 1.29 is 19.1 Å². The van der Waals surface area contributed by atoms with Gasteiger partial charge in [0.1, 0.15) is 6.10 Å². The summed E-state index contributed by atoms with van der Waals surface area (Å²) in [5, 5.41) is 4.91. The van der Waals surface area contributed by atoms with Crippen molar-refractivity contribution in [1.82, 2.24) is 24.6 Å². The maximum Gasteiger partial charge on any atom is 0.257 e. The summed E-state index contributed by atoms with van der Waals surface area (Å²) in [5.41, 5.74) is 2.54. The van der Waals surface area contributed by atoms with E-state index in [0.29, 0.717) is 62.8 Å². The Morgan fingerprint density at radius 1 is 1.03 bits per heavy atom. The van der Waals surface area contributed by atoms with E-state index in [9.17, 15) is 9.59 Å². The van der Waals surface area contributed by atoms with Crippen LogP contribution in [0, 0.1) is 0 Å². The number of ether oxygens (including phenoxy) is 2. The number of amides is 2. The van der Waals surface area contributed by atoms with E-state index in [-0.39, 0.29) is 11.8 Å². The van der Waals surface area contributed by atoms with Gasteiger partial charge in [0.15, 0.2) is 0 Å². The van der Waals surface area contributed by atoms with Gasteiger partial charge in [-0.2, -0.15) is 5.10 Å². The van der Waals surface area contributed by atoms with Crippen LogP contribution in [0.1, 0.15) is 32.5 Å². The first-order chi connectivity index (χ1) is 15.6. The Bertz CT molecular complexity index is 1150. The number of hydrogen-bond acceptors (Lipinski definition) is 6. The van der Waals surface area contributed by atoms with Gasteiger partial charge in [0.05, 0.1) is 54.9 Å². The van der Waals surface area contributed by atoms with Crippen molar-refractivity contribution in [3.63, 3.8) is 0 Å². The fourth-order valence-electron chi connectivity index (χ4n) is 4.20. The molecule has 2 aliphatic heterocycles. The van der Waals surface area contributed by atoms with Crippen molar-refractivity contribution in [2.75, 3.05) is 46.0 Å². The van der Waals surface area contributed by atoms with Gasteiger partial charge in [0.2, 0.25) is 0 Å². The molecule has 0 radical (unpaired) electrons. The molecule has 2 fully saturated rings. The zero-order chi connectivity index (χ0) is 22.1. The Balaban J connectivity index is 1.45. The number of morpholine rings is 2. The monoisotopic (exact) mass is 435 g/mol. The number of aryl methyl sites for hydroxylation is 1. The molecule has 1 atom stereocenters. The lowest BCUT2D eigenvalue weighted by Gasteiger charge is -2.33. The van der Waals surface area contributed by atoms with Gasteiger partial charge < -0.3 is 19.3 Å². The molecule has 1 aromatic carbocycles. The molecule has 2 aliphatic rings. The number of carbonyl (C=O) groups excluding carboxylic acids is 2. The number of rotatable bonds is 3. The van der Waals surface area contributed by atoms with Crippen LogP contribution in [0.4, 0.5) is 0 Å². The fraction of sp³-hybridized carbons (Fsp3) is 0.391. The highest BCUT2D eigenvalue weighted by atomic mass is 16.5. The van der Waals surface area contributed by atoms with E-state index < -0.39 is 6.10 Å². The quantitative estimate of drug-likeness (QED) is 0.622. The van der Waals surface area contributed by atoms with E-state index >= 15 is 0 Å². The summed E-state index contributed by atoms with van der Waals surface area (Å²) in [7, 11) is 1.78. The van der Waals surface area contributed by atoms with Gasteiger partial charge in [0.25, 0.3) is 11.8 Å². The van der Waals surface area contributed by atoms with Crippen molar-refractivity contribution in [2.24, 2.45) is 7.05 Å². The zero-order valence-corrected chi connectivity index (χ0v) is 17.9. The van der Waals surface area contributed by atoms with Crippen LogP contribution in [0.2, 0.25) is 0 Å². The molecule has 166 valence electrons. The van der Waals surface area contributed by atoms with Crippen molar-refractivity contribution in [3.8, 4) is 0 Å². The van der Waals surface area contributed by atoms with Gasteiger partial charge in [-0.1, -0.05) is 18.2 Å². The van der Waals surface area contributed by atoms with Crippen LogP contribution in [0.15, 0.2) is 42.7 Å². The van der Waals surface area contributed by atoms with Crippen LogP contribution < -0.4 is 0 Å². The molecule has 2 aromatic heterocycles. The van der Waals surface area contributed by atoms with Crippen LogP contribution in [-0.2, 0) is 16.5 Å². The molecule has 0 spiro atoms. The normalized spacial score (nSPS) is 19.3. The minimum absolute atomic E-state index is 0.0350. The molecule has 2 amide bonds. The van der Waals surface area contributed by atoms with Crippen molar-refractivity contribution >= 4 is 22.7 Å². The molecule has 0 unspecified atom stereocenters. The summed E-state index contributed by atoms with van der Waals surface area (Å²) in [4.78, 5) is 34.6. The Morgan fingerprint density at radius 2 is 1.81 bits per heavy atom. The molecule has 2 saturated heterocycles. The lowest BCUT2D eigenvalue weighted by Crippen LogP contribution is -2.42. The standard InChI is InChI=1S/C23H25N5O4/c1-26-14-16(13-24-26)22(29)28-8-11-32-21(15-28)20-12-18(17-4-2-3-5-19(17)25-20)23(30)27-6-9-31-10-7-27/h2-5,12-14,21H,6-11,15H2,1H3/t21-/m1/s1. The Morgan fingerprint density at radius 3 is 2.59 bits per heavy atom. The summed E-state index contributed by atoms with van der Waals surface area (Å²) in [6, 6.07) is 9.45. The molecule has 0 bridgehead atoms. The van der Waals surface area contributed by atoms with E-state index in [1.54, 1.807) is 29.0 Å². The number of fused-ring (bicyclic) bond motifs is 1. The summed E-state index contributed by atoms with van der Waals surface area (Å²) >= 11 is 0. The minimum atomic E-state index is -0.412. The SMILES string of the molecule is Cn1cc(C(=O)N2CCO[C@@H](c3cc(C(=O)N4CCOCC4)c4ccccc4n3)C2)cn1. The number of aromatic nitrogens is 3. The number of hydrogen-bond donors (Lipinski definition) is 0. The molecule has 5 rings (SSSR count). The number of nitrogens with zero attached hydrogens (tertiary/aromatic N) is 5. The van der Waals surface area contributed by atoms with Crippen LogP contribution >= 0.6 is 0 Å². The predicted octanol–water partition coefficient (Wildman–Crippen LogP) is 1.65. The molecule has 3 aromatic rings. The van der Waals surface area contributed by atoms with Crippen LogP contribution in [0.3, 0.4) is 0 Å². The third-order valence-electron chi connectivity index (χ3n) is 5.90. The van der Waals surface area contributed by atoms with Crippen molar-refractivity contribution in [1.29, 1.82) is 0 Å². The summed E-state index contributed by atoms with van der Waals surface area (Å²) in [6.07, 6.45) is 2.87. The number of para-hydroxylation sites is 1. The molecular formula is C23H25N5O4. The lowest BCUT2D eigenvalue weighted by atomic mass is 10.0. The topological polar surface area (TPSA) is 89.8 Å². The third-order valence-corrected chi connectivity index (χ3v) is 5.90. The van der Waals surface area contributed by atoms with Crippen molar-refractivity contribution in [2.45, 2.75) is 6.10 Å². The lowest BCUT2D eigenvalue weighted by molar-refractivity contribution is -0.0246. The second-order valence-corrected chi connectivity index (χ2v) is 8.03. The van der Waals surface area contributed by atoms with E-state index in [1.165, 1.54) is 0 Å². The van der Waals surface area contributed by atoms with Gasteiger partial charge in [-0.05, 0) is 12.1 Å². The predicted molar refractivity (Wildman–Crippen MR) is 116 cm³/mol. The Hall–Kier alpha value is -3.30. The van der Waals surface area contributed by atoms with Gasteiger partial charge >= 0.3 is 0 Å². The highest BCUT2D eigenvalue weighted by Crippen LogP contribution is 2.27. The first-order valence-corrected chi connectivity index (χ1v) is 10.8. The summed E-state index contributed by atoms with van der Waals surface area (Å²) < 4.78 is 13.0. The smallest absolute Gasteiger partial charge is 0.257 e. The molecule has 0 aliphatic carbocycles. The van der Waals surface area contributed by atoms with Gasteiger partial charge in [0, 0.05) is 38.3 Å². The first kappa shape index (κ1) is 20.6. The highest BCUT2D eigenvalue weighted by Gasteiger charge is 2.29. The van der Waals surface area contributed by atoms with Crippen molar-refractivity contribution in [3.05, 3.63) is 59.5 Å². The first-order valence-electron chi connectivity index (χ1n) is 10.8. The van der Waals surface area contributed by atoms with Crippen LogP contribution in [-0.4, -0.2) is 82.4 Å². The molecule has 0 N–H and O–H groups in total. The third kappa shape index (κ3) is 3.96. The average Bonchev–Trinajstić information content (AvgIpc) is 3.29. The van der Waals surface area contributed by atoms with E-state index in [1.807, 2.05) is 35.2 Å². The molecule has 9 nitrogen and oxygen atoms in total. The van der Waals surface area contributed by atoms with E-state index in [4.69, 9.17) is 14.5 Å². The summed E-state index contributed by atoms with van der Waals surface area (Å²) in [6.45, 7) is 3.48. The van der Waals surface area contributed by atoms with Gasteiger partial charge in [-0.15, -0.1) is 0 Å². The Kier molecular flexibility index (Phi) is 5.59. The number of carbonyl (C=O) groups is 2. The van der Waals surface area contributed by atoms with E-state index in [0.717, 1.165) is 10.9 Å². The number of pyridine rings is 1. The molecule has 32 heavy (non-hydrogen) atoms. The van der Waals surface area contributed by atoms with Crippen LogP contribution in [0.5, 0.6) is 0 Å². The van der Waals surface area contributed by atoms with Crippen LogP contribution in [0.25, 0.3) is 10.9 Å². The van der Waals surface area contributed by atoms with E-state index in [2.05, 4.69) is 5.10 Å². The maximum atomic E-state index is 13.3. The highest BCUT2D eigenvalue weighted by molar-refractivity contribution is 6.06. The molecular weight excluding hydrogens is 410 g/mol. The average molecular weight is 435 g/mol. The second kappa shape index (κ2) is 8.68. The Labute approximate surface area is 185 Å². The molecule has 9 heteroatoms. The molecule has 4 heterocycles. The fourth-order valence-corrected chi connectivity index (χ4v) is 4.20. The largest absolute Gasteiger partial charge is 0.378 e. The number of benzene rings is 1. The van der Waals surface area contributed by atoms with Gasteiger partial charge in [-0.3, -0.25) is 14.3 Å².